The van der Waals surface area contributed by atoms with Gasteiger partial charge in [0.1, 0.15) is 12.4 Å². The zero-order valence-corrected chi connectivity index (χ0v) is 10.3. The lowest BCUT2D eigenvalue weighted by molar-refractivity contribution is 0.115. The van der Waals surface area contributed by atoms with Gasteiger partial charge in [0, 0.05) is 12.2 Å². The molecule has 0 spiro atoms. The van der Waals surface area contributed by atoms with Crippen molar-refractivity contribution in [2.24, 2.45) is 5.92 Å². The van der Waals surface area contributed by atoms with Crippen molar-refractivity contribution >= 4 is 0 Å². The monoisotopic (exact) mass is 248 g/mol. The van der Waals surface area contributed by atoms with Crippen LogP contribution in [0.15, 0.2) is 18.2 Å². The van der Waals surface area contributed by atoms with Gasteiger partial charge in [-0.25, -0.2) is 4.39 Å². The van der Waals surface area contributed by atoms with E-state index in [0.29, 0.717) is 12.2 Å². The molecule has 96 valence electrons. The van der Waals surface area contributed by atoms with E-state index in [2.05, 4.69) is 11.8 Å². The first-order valence-corrected chi connectivity index (χ1v) is 6.25. The molecule has 18 heavy (non-hydrogen) atoms. The van der Waals surface area contributed by atoms with E-state index in [1.165, 1.54) is 25.0 Å². The van der Waals surface area contributed by atoms with Gasteiger partial charge in [-0.15, -0.1) is 0 Å². The van der Waals surface area contributed by atoms with Crippen molar-refractivity contribution in [3.63, 3.8) is 0 Å². The Bertz CT molecular complexity index is 455. The Balaban J connectivity index is 1.92. The fourth-order valence-electron chi connectivity index (χ4n) is 1.76. The fourth-order valence-corrected chi connectivity index (χ4v) is 1.76. The fraction of sp³-hybridized carbons (Fsp3) is 0.467. The molecule has 0 saturated heterocycles. The Labute approximate surface area is 107 Å². The summed E-state index contributed by atoms with van der Waals surface area (Å²) in [5.74, 6) is 5.81. The number of rotatable bonds is 5. The summed E-state index contributed by atoms with van der Waals surface area (Å²) < 4.78 is 18.7. The number of hydrogen-bond acceptors (Lipinski definition) is 2. The zero-order valence-electron chi connectivity index (χ0n) is 10.3. The van der Waals surface area contributed by atoms with Gasteiger partial charge in [0.25, 0.3) is 0 Å². The van der Waals surface area contributed by atoms with Crippen LogP contribution in [0.5, 0.6) is 0 Å². The second-order valence-electron chi connectivity index (χ2n) is 4.55. The van der Waals surface area contributed by atoms with E-state index in [-0.39, 0.29) is 12.4 Å². The highest BCUT2D eigenvalue weighted by Gasteiger charge is 2.20. The highest BCUT2D eigenvalue weighted by Crippen LogP contribution is 2.32. The van der Waals surface area contributed by atoms with Crippen LogP contribution in [-0.4, -0.2) is 18.3 Å². The van der Waals surface area contributed by atoms with Crippen molar-refractivity contribution in [3.8, 4) is 11.8 Å². The molecule has 2 rings (SSSR count). The van der Waals surface area contributed by atoms with Gasteiger partial charge >= 0.3 is 0 Å². The minimum Gasteiger partial charge on any atom is -0.384 e. The van der Waals surface area contributed by atoms with Crippen molar-refractivity contribution in [3.05, 3.63) is 35.1 Å². The summed E-state index contributed by atoms with van der Waals surface area (Å²) in [5, 5.41) is 8.67. The van der Waals surface area contributed by atoms with Gasteiger partial charge in [-0.1, -0.05) is 30.7 Å². The maximum atomic E-state index is 13.1. The standard InChI is InChI=1S/C15H17FO2/c16-15-6-5-14(13(10-15)2-1-8-17)11-18-9-7-12-3-4-12/h5-6,10,12,17H,3-4,7-9,11H2. The summed E-state index contributed by atoms with van der Waals surface area (Å²) in [7, 11) is 0. The topological polar surface area (TPSA) is 29.5 Å². The first kappa shape index (κ1) is 13.1. The molecule has 3 heteroatoms. The predicted octanol–water partition coefficient (Wildman–Crippen LogP) is 2.49. The van der Waals surface area contributed by atoms with E-state index in [9.17, 15) is 4.39 Å². The maximum absolute atomic E-state index is 13.1. The normalized spacial score (nSPS) is 14.1. The van der Waals surface area contributed by atoms with Crippen LogP contribution in [0.3, 0.4) is 0 Å². The number of benzene rings is 1. The van der Waals surface area contributed by atoms with E-state index in [1.807, 2.05) is 0 Å². The third-order valence-corrected chi connectivity index (χ3v) is 3.00. The van der Waals surface area contributed by atoms with Crippen molar-refractivity contribution in [1.29, 1.82) is 0 Å². The van der Waals surface area contributed by atoms with Gasteiger partial charge in [-0.2, -0.15) is 0 Å². The maximum Gasteiger partial charge on any atom is 0.124 e. The molecule has 2 nitrogen and oxygen atoms in total. The lowest BCUT2D eigenvalue weighted by atomic mass is 10.1. The number of hydrogen-bond donors (Lipinski definition) is 1. The van der Waals surface area contributed by atoms with Crippen LogP contribution in [0.4, 0.5) is 4.39 Å². The van der Waals surface area contributed by atoms with Crippen molar-refractivity contribution in [2.75, 3.05) is 13.2 Å². The third kappa shape index (κ3) is 4.14. The summed E-state index contributed by atoms with van der Waals surface area (Å²) in [6, 6.07) is 4.47. The minimum absolute atomic E-state index is 0.224. The molecular weight excluding hydrogens is 231 g/mol. The molecule has 1 aliphatic carbocycles. The van der Waals surface area contributed by atoms with E-state index in [1.54, 1.807) is 6.07 Å². The second kappa shape index (κ2) is 6.53. The molecular formula is C15H17FO2. The van der Waals surface area contributed by atoms with Crippen molar-refractivity contribution in [1.82, 2.24) is 0 Å². The first-order chi connectivity index (χ1) is 8.79. The van der Waals surface area contributed by atoms with Gasteiger partial charge < -0.3 is 9.84 Å². The van der Waals surface area contributed by atoms with Crippen LogP contribution in [0.2, 0.25) is 0 Å². The highest BCUT2D eigenvalue weighted by molar-refractivity contribution is 5.41. The first-order valence-electron chi connectivity index (χ1n) is 6.25. The Morgan fingerprint density at radius 3 is 2.94 bits per heavy atom. The van der Waals surface area contributed by atoms with Crippen molar-refractivity contribution in [2.45, 2.75) is 25.9 Å². The van der Waals surface area contributed by atoms with Crippen LogP contribution >= 0.6 is 0 Å². The Morgan fingerprint density at radius 2 is 2.22 bits per heavy atom. The molecule has 0 atom stereocenters. The largest absolute Gasteiger partial charge is 0.384 e. The molecule has 1 fully saturated rings. The number of aliphatic hydroxyl groups is 1. The van der Waals surface area contributed by atoms with Gasteiger partial charge in [-0.3, -0.25) is 0 Å². The molecule has 1 saturated carbocycles. The van der Waals surface area contributed by atoms with E-state index in [0.717, 1.165) is 24.5 Å². The Kier molecular flexibility index (Phi) is 4.74. The van der Waals surface area contributed by atoms with Crippen LogP contribution in [0.1, 0.15) is 30.4 Å². The Hall–Kier alpha value is -1.37. The minimum atomic E-state index is -0.320. The lowest BCUT2D eigenvalue weighted by Crippen LogP contribution is -1.99. The molecule has 0 unspecified atom stereocenters. The van der Waals surface area contributed by atoms with Crippen LogP contribution in [-0.2, 0) is 11.3 Å². The second-order valence-corrected chi connectivity index (χ2v) is 4.55. The third-order valence-electron chi connectivity index (χ3n) is 3.00. The SMILES string of the molecule is OCC#Cc1cc(F)ccc1COCCC1CC1. The summed E-state index contributed by atoms with van der Waals surface area (Å²) >= 11 is 0. The van der Waals surface area contributed by atoms with Crippen molar-refractivity contribution < 1.29 is 14.2 Å². The summed E-state index contributed by atoms with van der Waals surface area (Å²) in [6.07, 6.45) is 3.76. The van der Waals surface area contributed by atoms with E-state index in [4.69, 9.17) is 9.84 Å². The number of aliphatic hydroxyl groups excluding tert-OH is 1. The average molecular weight is 248 g/mol. The number of ether oxygens (including phenoxy) is 1. The van der Waals surface area contributed by atoms with Crippen LogP contribution < -0.4 is 0 Å². The molecule has 0 heterocycles. The van der Waals surface area contributed by atoms with Gasteiger partial charge in [-0.05, 0) is 30.0 Å². The molecule has 0 amide bonds. The van der Waals surface area contributed by atoms with Gasteiger partial charge in [0.2, 0.25) is 0 Å². The molecule has 1 aromatic carbocycles. The van der Waals surface area contributed by atoms with E-state index < -0.39 is 0 Å². The lowest BCUT2D eigenvalue weighted by Gasteiger charge is -2.06. The summed E-state index contributed by atoms with van der Waals surface area (Å²) in [5.41, 5.74) is 1.46. The molecule has 1 aromatic rings. The van der Waals surface area contributed by atoms with Crippen LogP contribution in [0, 0.1) is 23.6 Å². The summed E-state index contributed by atoms with van der Waals surface area (Å²) in [6.45, 7) is 0.968. The van der Waals surface area contributed by atoms with E-state index >= 15 is 0 Å². The molecule has 0 aliphatic heterocycles. The Morgan fingerprint density at radius 1 is 1.39 bits per heavy atom. The molecule has 0 bridgehead atoms. The quantitative estimate of drug-likeness (QED) is 0.641. The van der Waals surface area contributed by atoms with Crippen LogP contribution in [0.25, 0.3) is 0 Å². The smallest absolute Gasteiger partial charge is 0.124 e. The predicted molar refractivity (Wildman–Crippen MR) is 67.4 cm³/mol. The molecule has 0 radical (unpaired) electrons. The molecule has 0 aromatic heterocycles. The van der Waals surface area contributed by atoms with Gasteiger partial charge in [0.05, 0.1) is 6.61 Å². The summed E-state index contributed by atoms with van der Waals surface area (Å²) in [4.78, 5) is 0. The number of halogens is 1. The molecule has 1 aliphatic rings. The zero-order chi connectivity index (χ0) is 12.8. The average Bonchev–Trinajstić information content (AvgIpc) is 3.18. The highest BCUT2D eigenvalue weighted by atomic mass is 19.1. The van der Waals surface area contributed by atoms with Gasteiger partial charge in [0.15, 0.2) is 0 Å². The molecule has 1 N–H and O–H groups in total.